The van der Waals surface area contributed by atoms with Crippen LogP contribution in [0, 0.1) is 0 Å². The second-order valence-corrected chi connectivity index (χ2v) is 5.94. The van der Waals surface area contributed by atoms with Crippen LogP contribution in [0.4, 0.5) is 5.69 Å². The lowest BCUT2D eigenvalue weighted by Crippen LogP contribution is -2.41. The van der Waals surface area contributed by atoms with E-state index in [0.29, 0.717) is 11.2 Å². The van der Waals surface area contributed by atoms with Gasteiger partial charge < -0.3 is 20.1 Å². The van der Waals surface area contributed by atoms with E-state index in [1.807, 2.05) is 27.7 Å². The van der Waals surface area contributed by atoms with Crippen molar-refractivity contribution in [2.45, 2.75) is 38.9 Å². The summed E-state index contributed by atoms with van der Waals surface area (Å²) in [6.07, 6.45) is 0. The Morgan fingerprint density at radius 3 is 2.17 bits per heavy atom. The van der Waals surface area contributed by atoms with E-state index in [9.17, 15) is 5.11 Å². The summed E-state index contributed by atoms with van der Waals surface area (Å²) in [5.74, 6) is -0.0515. The normalized spacial score (nSPS) is 21.3. The fraction of sp³-hybridized carbons (Fsp3) is 0.500. The first kappa shape index (κ1) is 13.5. The Morgan fingerprint density at radius 2 is 1.67 bits per heavy atom. The maximum absolute atomic E-state index is 9.98. The monoisotopic (exact) mass is 269 g/mol. The SMILES string of the molecule is CC1(C)OB(c2cc(N)cc(Cl)c2O)OC1(C)C. The number of halogens is 1. The van der Waals surface area contributed by atoms with Gasteiger partial charge >= 0.3 is 7.12 Å². The Labute approximate surface area is 112 Å². The standard InChI is InChI=1S/C12H17BClNO3/c1-11(2)12(3,4)18-13(17-11)8-5-7(15)6-9(14)10(8)16/h5-6,16H,15H2,1-4H3. The number of rotatable bonds is 1. The zero-order chi connectivity index (χ0) is 13.7. The number of anilines is 1. The molecule has 0 aliphatic carbocycles. The molecule has 1 aliphatic heterocycles. The summed E-state index contributed by atoms with van der Waals surface area (Å²) in [7, 11) is -0.670. The highest BCUT2D eigenvalue weighted by atomic mass is 35.5. The maximum Gasteiger partial charge on any atom is 0.498 e. The van der Waals surface area contributed by atoms with Crippen LogP contribution < -0.4 is 11.2 Å². The van der Waals surface area contributed by atoms with Gasteiger partial charge in [-0.3, -0.25) is 0 Å². The van der Waals surface area contributed by atoms with E-state index in [0.717, 1.165) is 0 Å². The molecule has 0 radical (unpaired) electrons. The zero-order valence-corrected chi connectivity index (χ0v) is 11.7. The molecule has 1 saturated heterocycles. The molecular weight excluding hydrogens is 252 g/mol. The van der Waals surface area contributed by atoms with Crippen LogP contribution in [0.2, 0.25) is 5.02 Å². The summed E-state index contributed by atoms with van der Waals surface area (Å²) in [6, 6.07) is 3.11. The Kier molecular flexibility index (Phi) is 3.04. The minimum Gasteiger partial charge on any atom is -0.507 e. The van der Waals surface area contributed by atoms with E-state index in [1.165, 1.54) is 6.07 Å². The lowest BCUT2D eigenvalue weighted by Gasteiger charge is -2.32. The molecule has 18 heavy (non-hydrogen) atoms. The Bertz CT molecular complexity index is 474. The largest absolute Gasteiger partial charge is 0.507 e. The average Bonchev–Trinajstić information content (AvgIpc) is 2.42. The molecule has 1 aliphatic rings. The Balaban J connectivity index is 2.41. The van der Waals surface area contributed by atoms with E-state index < -0.39 is 18.3 Å². The molecule has 2 rings (SSSR count). The summed E-state index contributed by atoms with van der Waals surface area (Å²) in [6.45, 7) is 7.77. The minimum absolute atomic E-state index is 0.0515. The first-order valence-electron chi connectivity index (χ1n) is 5.77. The molecule has 0 spiro atoms. The van der Waals surface area contributed by atoms with Gasteiger partial charge in [-0.1, -0.05) is 11.6 Å². The number of aromatic hydroxyl groups is 1. The number of phenolic OH excluding ortho intramolecular Hbond substituents is 1. The highest BCUT2D eigenvalue weighted by Crippen LogP contribution is 2.38. The third-order valence-electron chi connectivity index (χ3n) is 3.62. The molecule has 0 aromatic heterocycles. The van der Waals surface area contributed by atoms with Gasteiger partial charge in [0.05, 0.1) is 16.2 Å². The molecule has 0 atom stereocenters. The van der Waals surface area contributed by atoms with E-state index >= 15 is 0 Å². The van der Waals surface area contributed by atoms with E-state index in [2.05, 4.69) is 0 Å². The highest BCUT2D eigenvalue weighted by Gasteiger charge is 2.52. The first-order valence-corrected chi connectivity index (χ1v) is 6.15. The molecule has 6 heteroatoms. The molecule has 1 heterocycles. The number of hydrogen-bond acceptors (Lipinski definition) is 4. The van der Waals surface area contributed by atoms with E-state index in [1.54, 1.807) is 6.07 Å². The molecule has 4 nitrogen and oxygen atoms in total. The lowest BCUT2D eigenvalue weighted by atomic mass is 9.78. The number of nitrogens with two attached hydrogens (primary N) is 1. The Hall–Kier alpha value is -0.905. The third kappa shape index (κ3) is 2.07. The molecular formula is C12H17BClNO3. The molecule has 3 N–H and O–H groups in total. The smallest absolute Gasteiger partial charge is 0.498 e. The quantitative estimate of drug-likeness (QED) is 0.464. The van der Waals surface area contributed by atoms with Gasteiger partial charge in [-0.25, -0.2) is 0 Å². The van der Waals surface area contributed by atoms with Gasteiger partial charge in [0.15, 0.2) is 0 Å². The van der Waals surface area contributed by atoms with Crippen molar-refractivity contribution in [3.05, 3.63) is 17.2 Å². The van der Waals surface area contributed by atoms with Crippen LogP contribution in [-0.4, -0.2) is 23.4 Å². The van der Waals surface area contributed by atoms with Crippen molar-refractivity contribution in [1.29, 1.82) is 0 Å². The summed E-state index contributed by atoms with van der Waals surface area (Å²) in [4.78, 5) is 0. The van der Waals surface area contributed by atoms with Crippen molar-refractivity contribution < 1.29 is 14.4 Å². The zero-order valence-electron chi connectivity index (χ0n) is 11.0. The summed E-state index contributed by atoms with van der Waals surface area (Å²) < 4.78 is 11.7. The van der Waals surface area contributed by atoms with Gasteiger partial charge in [0.25, 0.3) is 0 Å². The van der Waals surface area contributed by atoms with Crippen molar-refractivity contribution in [3.63, 3.8) is 0 Å². The topological polar surface area (TPSA) is 64.7 Å². The molecule has 1 fully saturated rings. The highest BCUT2D eigenvalue weighted by molar-refractivity contribution is 6.63. The maximum atomic E-state index is 9.98. The first-order chi connectivity index (χ1) is 8.14. The van der Waals surface area contributed by atoms with Crippen molar-refractivity contribution in [2.24, 2.45) is 0 Å². The fourth-order valence-corrected chi connectivity index (χ4v) is 2.03. The van der Waals surface area contributed by atoms with Crippen LogP contribution in [-0.2, 0) is 9.31 Å². The predicted molar refractivity (Wildman–Crippen MR) is 73.2 cm³/mol. The number of phenols is 1. The summed E-state index contributed by atoms with van der Waals surface area (Å²) in [5, 5.41) is 10.2. The van der Waals surface area contributed by atoms with Crippen LogP contribution in [0.5, 0.6) is 5.75 Å². The molecule has 1 aromatic rings. The molecule has 98 valence electrons. The van der Waals surface area contributed by atoms with Crippen LogP contribution in [0.1, 0.15) is 27.7 Å². The van der Waals surface area contributed by atoms with Gasteiger partial charge in [0.1, 0.15) is 5.75 Å². The minimum atomic E-state index is -0.670. The summed E-state index contributed by atoms with van der Waals surface area (Å²) >= 11 is 5.90. The number of benzene rings is 1. The lowest BCUT2D eigenvalue weighted by molar-refractivity contribution is 0.00578. The second-order valence-electron chi connectivity index (χ2n) is 5.53. The van der Waals surface area contributed by atoms with Crippen molar-refractivity contribution in [3.8, 4) is 5.75 Å². The van der Waals surface area contributed by atoms with Crippen LogP contribution in [0.25, 0.3) is 0 Å². The van der Waals surface area contributed by atoms with Crippen molar-refractivity contribution in [2.75, 3.05) is 5.73 Å². The van der Waals surface area contributed by atoms with Crippen LogP contribution >= 0.6 is 11.6 Å². The second kappa shape index (κ2) is 4.05. The van der Waals surface area contributed by atoms with Gasteiger partial charge in [-0.05, 0) is 39.8 Å². The molecule has 0 amide bonds. The molecule has 0 saturated carbocycles. The number of hydrogen-bond donors (Lipinski definition) is 2. The molecule has 0 bridgehead atoms. The van der Waals surface area contributed by atoms with Crippen LogP contribution in [0.15, 0.2) is 12.1 Å². The van der Waals surface area contributed by atoms with E-state index in [4.69, 9.17) is 26.6 Å². The van der Waals surface area contributed by atoms with Crippen molar-refractivity contribution in [1.82, 2.24) is 0 Å². The summed E-state index contributed by atoms with van der Waals surface area (Å²) in [5.41, 5.74) is 5.70. The molecule has 0 unspecified atom stereocenters. The van der Waals surface area contributed by atoms with Gasteiger partial charge in [-0.2, -0.15) is 0 Å². The van der Waals surface area contributed by atoms with Gasteiger partial charge in [0.2, 0.25) is 0 Å². The predicted octanol–water partition coefficient (Wildman–Crippen LogP) is 1.93. The van der Waals surface area contributed by atoms with Gasteiger partial charge in [-0.15, -0.1) is 0 Å². The third-order valence-corrected chi connectivity index (χ3v) is 3.91. The van der Waals surface area contributed by atoms with Gasteiger partial charge in [0, 0.05) is 11.2 Å². The van der Waals surface area contributed by atoms with E-state index in [-0.39, 0.29) is 10.8 Å². The Morgan fingerprint density at radius 1 is 1.17 bits per heavy atom. The van der Waals surface area contributed by atoms with Crippen molar-refractivity contribution >= 4 is 29.9 Å². The molecule has 1 aromatic carbocycles. The fourth-order valence-electron chi connectivity index (χ4n) is 1.79. The average molecular weight is 270 g/mol. The number of nitrogen functional groups attached to an aromatic ring is 1. The van der Waals surface area contributed by atoms with Crippen LogP contribution in [0.3, 0.4) is 0 Å².